The smallest absolute Gasteiger partial charge is 0.276 e. The molecule has 2 aromatic carbocycles. The van der Waals surface area contributed by atoms with Crippen molar-refractivity contribution in [3.05, 3.63) is 95.7 Å². The number of aromatic nitrogens is 2. The first kappa shape index (κ1) is 20.9. The van der Waals surface area contributed by atoms with Gasteiger partial charge in [0.1, 0.15) is 5.76 Å². The third-order valence-corrected chi connectivity index (χ3v) is 5.95. The second-order valence-electron chi connectivity index (χ2n) is 6.51. The number of hydrogen-bond acceptors (Lipinski definition) is 5. The van der Waals surface area contributed by atoms with Crippen molar-refractivity contribution in [3.63, 3.8) is 0 Å². The van der Waals surface area contributed by atoms with Gasteiger partial charge in [-0.3, -0.25) is 4.79 Å². The molecule has 4 aromatic rings. The first-order chi connectivity index (χ1) is 14.9. The minimum atomic E-state index is -3.79. The van der Waals surface area contributed by atoms with Crippen LogP contribution in [0.4, 0.5) is 5.69 Å². The molecule has 0 unspecified atom stereocenters. The molecule has 2 heterocycles. The Morgan fingerprint density at radius 3 is 2.68 bits per heavy atom. The normalized spacial score (nSPS) is 11.4. The number of carbonyl (C=O) groups excluding carboxylic acids is 1. The zero-order chi connectivity index (χ0) is 21.8. The lowest BCUT2D eigenvalue weighted by atomic mass is 10.3. The van der Waals surface area contributed by atoms with Crippen molar-refractivity contribution in [2.45, 2.75) is 11.4 Å². The van der Waals surface area contributed by atoms with Crippen molar-refractivity contribution in [1.29, 1.82) is 0 Å². The maximum atomic E-state index is 12.6. The van der Waals surface area contributed by atoms with Gasteiger partial charge in [0, 0.05) is 16.9 Å². The Morgan fingerprint density at radius 1 is 1.06 bits per heavy atom. The van der Waals surface area contributed by atoms with Gasteiger partial charge >= 0.3 is 0 Å². The van der Waals surface area contributed by atoms with Crippen LogP contribution in [-0.2, 0) is 16.6 Å². The molecular formula is C21H17ClN4O4S. The number of benzene rings is 2. The molecule has 0 aliphatic carbocycles. The van der Waals surface area contributed by atoms with E-state index in [-0.39, 0.29) is 17.1 Å². The highest BCUT2D eigenvalue weighted by Gasteiger charge is 2.16. The summed E-state index contributed by atoms with van der Waals surface area (Å²) in [6, 6.07) is 17.9. The molecule has 2 aromatic heterocycles. The summed E-state index contributed by atoms with van der Waals surface area (Å²) in [7, 11) is -3.79. The molecule has 0 atom stereocenters. The Bertz CT molecular complexity index is 1320. The summed E-state index contributed by atoms with van der Waals surface area (Å²) in [5.41, 5.74) is 1.20. The summed E-state index contributed by atoms with van der Waals surface area (Å²) in [4.78, 5) is 12.6. The van der Waals surface area contributed by atoms with Crippen LogP contribution in [0, 0.1) is 0 Å². The molecule has 4 rings (SSSR count). The fourth-order valence-electron chi connectivity index (χ4n) is 2.81. The first-order valence-corrected chi connectivity index (χ1v) is 11.0. The predicted molar refractivity (Wildman–Crippen MR) is 116 cm³/mol. The highest BCUT2D eigenvalue weighted by molar-refractivity contribution is 7.89. The van der Waals surface area contributed by atoms with E-state index >= 15 is 0 Å². The molecule has 158 valence electrons. The van der Waals surface area contributed by atoms with Gasteiger partial charge < -0.3 is 9.73 Å². The number of furan rings is 1. The van der Waals surface area contributed by atoms with Crippen LogP contribution < -0.4 is 10.0 Å². The van der Waals surface area contributed by atoms with E-state index in [1.807, 2.05) is 6.07 Å². The van der Waals surface area contributed by atoms with Crippen LogP contribution >= 0.6 is 11.6 Å². The van der Waals surface area contributed by atoms with Gasteiger partial charge in [0.05, 0.1) is 23.4 Å². The summed E-state index contributed by atoms with van der Waals surface area (Å²) in [6.45, 7) is 0.0207. The summed E-state index contributed by atoms with van der Waals surface area (Å²) in [6.07, 6.45) is 3.10. The van der Waals surface area contributed by atoms with E-state index in [2.05, 4.69) is 15.1 Å². The van der Waals surface area contributed by atoms with Crippen molar-refractivity contribution < 1.29 is 17.6 Å². The van der Waals surface area contributed by atoms with E-state index in [4.69, 9.17) is 16.0 Å². The number of sulfonamides is 1. The Labute approximate surface area is 183 Å². The molecule has 0 spiro atoms. The number of rotatable bonds is 7. The van der Waals surface area contributed by atoms with Crippen molar-refractivity contribution in [3.8, 4) is 5.69 Å². The average Bonchev–Trinajstić information content (AvgIpc) is 3.45. The van der Waals surface area contributed by atoms with Gasteiger partial charge in [0.15, 0.2) is 5.69 Å². The number of nitrogens with zero attached hydrogens (tertiary/aromatic N) is 2. The molecule has 0 aliphatic rings. The van der Waals surface area contributed by atoms with Crippen LogP contribution in [0.1, 0.15) is 16.2 Å². The summed E-state index contributed by atoms with van der Waals surface area (Å²) in [5.74, 6) is 0.0159. The Balaban J connectivity index is 1.47. The number of halogens is 1. The van der Waals surface area contributed by atoms with Crippen molar-refractivity contribution in [2.75, 3.05) is 5.32 Å². The summed E-state index contributed by atoms with van der Waals surface area (Å²) >= 11 is 5.99. The van der Waals surface area contributed by atoms with Gasteiger partial charge in [-0.25, -0.2) is 17.8 Å². The van der Waals surface area contributed by atoms with Crippen molar-refractivity contribution in [2.24, 2.45) is 0 Å². The number of carbonyl (C=O) groups is 1. The largest absolute Gasteiger partial charge is 0.468 e. The lowest BCUT2D eigenvalue weighted by Crippen LogP contribution is -2.23. The standard InChI is InChI=1S/C21H17ClN4O4S/c22-15-4-1-6-17(12-15)26-10-9-20(25-26)21(27)24-16-5-2-8-19(13-16)31(28,29)23-14-18-7-3-11-30-18/h1-13,23H,14H2,(H,24,27). The van der Waals surface area contributed by atoms with Gasteiger partial charge in [0.25, 0.3) is 5.91 Å². The number of nitrogens with one attached hydrogen (secondary N) is 2. The molecule has 31 heavy (non-hydrogen) atoms. The lowest BCUT2D eigenvalue weighted by molar-refractivity contribution is 0.102. The molecule has 0 aliphatic heterocycles. The molecule has 0 fully saturated rings. The van der Waals surface area contributed by atoms with Gasteiger partial charge in [-0.15, -0.1) is 0 Å². The molecule has 0 bridgehead atoms. The zero-order valence-corrected chi connectivity index (χ0v) is 17.6. The highest BCUT2D eigenvalue weighted by Crippen LogP contribution is 2.18. The number of amides is 1. The van der Waals surface area contributed by atoms with Gasteiger partial charge in [-0.1, -0.05) is 23.7 Å². The van der Waals surface area contributed by atoms with E-state index < -0.39 is 15.9 Å². The van der Waals surface area contributed by atoms with Crippen LogP contribution in [-0.4, -0.2) is 24.1 Å². The van der Waals surface area contributed by atoms with Crippen LogP contribution in [0.3, 0.4) is 0 Å². The lowest BCUT2D eigenvalue weighted by Gasteiger charge is -2.08. The highest BCUT2D eigenvalue weighted by atomic mass is 35.5. The van der Waals surface area contributed by atoms with E-state index in [0.717, 1.165) is 0 Å². The van der Waals surface area contributed by atoms with Crippen LogP contribution in [0.15, 0.2) is 88.5 Å². The van der Waals surface area contributed by atoms with Crippen molar-refractivity contribution in [1.82, 2.24) is 14.5 Å². The van der Waals surface area contributed by atoms with E-state index in [9.17, 15) is 13.2 Å². The SMILES string of the molecule is O=C(Nc1cccc(S(=O)(=O)NCc2ccco2)c1)c1ccn(-c2cccc(Cl)c2)n1. The molecule has 0 radical (unpaired) electrons. The van der Waals surface area contributed by atoms with E-state index in [0.29, 0.717) is 22.2 Å². The Morgan fingerprint density at radius 2 is 1.90 bits per heavy atom. The Kier molecular flexibility index (Phi) is 5.90. The fourth-order valence-corrected chi connectivity index (χ4v) is 4.03. The van der Waals surface area contributed by atoms with Gasteiger partial charge in [-0.2, -0.15) is 5.10 Å². The van der Waals surface area contributed by atoms with Crippen LogP contribution in [0.2, 0.25) is 5.02 Å². The summed E-state index contributed by atoms with van der Waals surface area (Å²) in [5, 5.41) is 7.47. The maximum Gasteiger partial charge on any atom is 0.276 e. The van der Waals surface area contributed by atoms with E-state index in [1.54, 1.807) is 54.7 Å². The molecule has 0 saturated heterocycles. The number of hydrogen-bond donors (Lipinski definition) is 2. The van der Waals surface area contributed by atoms with Crippen LogP contribution in [0.5, 0.6) is 0 Å². The molecule has 0 saturated carbocycles. The fraction of sp³-hybridized carbons (Fsp3) is 0.0476. The van der Waals surface area contributed by atoms with Gasteiger partial charge in [-0.05, 0) is 54.6 Å². The topological polar surface area (TPSA) is 106 Å². The summed E-state index contributed by atoms with van der Waals surface area (Å²) < 4.78 is 34.2. The molecule has 1 amide bonds. The average molecular weight is 457 g/mol. The molecule has 8 nitrogen and oxygen atoms in total. The molecule has 10 heteroatoms. The molecular weight excluding hydrogens is 440 g/mol. The maximum absolute atomic E-state index is 12.6. The van der Waals surface area contributed by atoms with Crippen LogP contribution in [0.25, 0.3) is 5.69 Å². The van der Waals surface area contributed by atoms with Gasteiger partial charge in [0.2, 0.25) is 10.0 Å². The quantitative estimate of drug-likeness (QED) is 0.439. The zero-order valence-electron chi connectivity index (χ0n) is 16.0. The molecule has 2 N–H and O–H groups in total. The second-order valence-corrected chi connectivity index (χ2v) is 8.71. The third-order valence-electron chi connectivity index (χ3n) is 4.31. The first-order valence-electron chi connectivity index (χ1n) is 9.16. The van der Waals surface area contributed by atoms with E-state index in [1.165, 1.54) is 23.1 Å². The van der Waals surface area contributed by atoms with Crippen molar-refractivity contribution >= 4 is 33.2 Å². The predicted octanol–water partition coefficient (Wildman–Crippen LogP) is 3.85. The third kappa shape index (κ3) is 5.02. The minimum absolute atomic E-state index is 0.0151. The Hall–Kier alpha value is -3.40. The second kappa shape index (κ2) is 8.76. The monoisotopic (exact) mass is 456 g/mol. The number of anilines is 1. The minimum Gasteiger partial charge on any atom is -0.468 e.